The van der Waals surface area contributed by atoms with Gasteiger partial charge in [-0.25, -0.2) is 0 Å². The molecule has 1 aliphatic carbocycles. The molecule has 1 saturated carbocycles. The van der Waals surface area contributed by atoms with Crippen molar-refractivity contribution in [1.29, 1.82) is 5.26 Å². The van der Waals surface area contributed by atoms with Crippen LogP contribution in [0.2, 0.25) is 0 Å². The summed E-state index contributed by atoms with van der Waals surface area (Å²) in [7, 11) is 0. The van der Waals surface area contributed by atoms with Gasteiger partial charge in [-0.3, -0.25) is 5.32 Å². The number of piperidine rings is 1. The van der Waals surface area contributed by atoms with E-state index in [4.69, 9.17) is 0 Å². The van der Waals surface area contributed by atoms with Gasteiger partial charge in [0.15, 0.2) is 0 Å². The Kier molecular flexibility index (Phi) is 4.64. The fourth-order valence-corrected chi connectivity index (χ4v) is 3.38. The zero-order valence-corrected chi connectivity index (χ0v) is 11.9. The molecule has 2 aliphatic rings. The maximum Gasteiger partial charge on any atom is 0.109 e. The number of hydrogen-bond acceptors (Lipinski definition) is 3. The van der Waals surface area contributed by atoms with Crippen LogP contribution in [-0.2, 0) is 0 Å². The van der Waals surface area contributed by atoms with E-state index in [9.17, 15) is 5.26 Å². The average molecular weight is 249 g/mol. The molecule has 0 atom stereocenters. The van der Waals surface area contributed by atoms with Crippen LogP contribution in [-0.4, -0.2) is 36.1 Å². The summed E-state index contributed by atoms with van der Waals surface area (Å²) in [5.41, 5.74) is -0.234. The third-order valence-electron chi connectivity index (χ3n) is 4.38. The van der Waals surface area contributed by atoms with Gasteiger partial charge >= 0.3 is 0 Å². The Labute approximate surface area is 112 Å². The molecule has 2 rings (SSSR count). The number of nitrogens with zero attached hydrogens (tertiary/aromatic N) is 2. The summed E-state index contributed by atoms with van der Waals surface area (Å²) in [4.78, 5) is 2.51. The molecule has 1 saturated heterocycles. The molecule has 2 fully saturated rings. The first-order chi connectivity index (χ1) is 8.63. The van der Waals surface area contributed by atoms with Gasteiger partial charge in [0.25, 0.3) is 0 Å². The molecule has 0 aromatic rings. The van der Waals surface area contributed by atoms with Crippen molar-refractivity contribution in [2.45, 2.75) is 64.0 Å². The van der Waals surface area contributed by atoms with Crippen molar-refractivity contribution in [3.8, 4) is 6.07 Å². The Morgan fingerprint density at radius 2 is 1.89 bits per heavy atom. The van der Waals surface area contributed by atoms with E-state index in [2.05, 4.69) is 30.1 Å². The van der Waals surface area contributed by atoms with Crippen LogP contribution in [0.1, 0.15) is 52.4 Å². The lowest BCUT2D eigenvalue weighted by Gasteiger charge is -2.40. The fourth-order valence-electron chi connectivity index (χ4n) is 3.38. The van der Waals surface area contributed by atoms with Crippen LogP contribution in [0.4, 0.5) is 0 Å². The van der Waals surface area contributed by atoms with Gasteiger partial charge in [-0.1, -0.05) is 26.7 Å². The Morgan fingerprint density at radius 3 is 2.39 bits per heavy atom. The molecule has 1 aliphatic heterocycles. The second-order valence-electron chi connectivity index (χ2n) is 6.51. The van der Waals surface area contributed by atoms with Crippen LogP contribution >= 0.6 is 0 Å². The molecule has 0 aromatic heterocycles. The fraction of sp³-hybridized carbons (Fsp3) is 0.933. The van der Waals surface area contributed by atoms with Gasteiger partial charge in [-0.15, -0.1) is 0 Å². The van der Waals surface area contributed by atoms with Gasteiger partial charge in [0.05, 0.1) is 6.07 Å². The number of nitrogens with one attached hydrogen (secondary N) is 1. The molecule has 0 spiro atoms. The minimum Gasteiger partial charge on any atom is -0.303 e. The predicted octanol–water partition coefficient (Wildman–Crippen LogP) is 2.53. The van der Waals surface area contributed by atoms with E-state index >= 15 is 0 Å². The molecule has 0 amide bonds. The van der Waals surface area contributed by atoms with E-state index in [1.165, 1.54) is 32.2 Å². The lowest BCUT2D eigenvalue weighted by atomic mass is 9.87. The minimum atomic E-state index is -0.234. The van der Waals surface area contributed by atoms with Crippen LogP contribution in [0.3, 0.4) is 0 Å². The molecule has 3 heteroatoms. The zero-order valence-electron chi connectivity index (χ0n) is 11.9. The summed E-state index contributed by atoms with van der Waals surface area (Å²) in [6.45, 7) is 7.85. The van der Waals surface area contributed by atoms with Crippen molar-refractivity contribution in [2.75, 3.05) is 19.6 Å². The minimum absolute atomic E-state index is 0.234. The Morgan fingerprint density at radius 1 is 1.28 bits per heavy atom. The van der Waals surface area contributed by atoms with E-state index in [0.717, 1.165) is 31.8 Å². The first kappa shape index (κ1) is 13.8. The lowest BCUT2D eigenvalue weighted by Crippen LogP contribution is -2.55. The molecule has 3 nitrogen and oxygen atoms in total. The van der Waals surface area contributed by atoms with Crippen LogP contribution < -0.4 is 5.32 Å². The van der Waals surface area contributed by atoms with Crippen molar-refractivity contribution in [3.63, 3.8) is 0 Å². The second kappa shape index (κ2) is 6.04. The third kappa shape index (κ3) is 3.46. The van der Waals surface area contributed by atoms with Crippen molar-refractivity contribution in [1.82, 2.24) is 10.2 Å². The molecule has 0 bridgehead atoms. The third-order valence-corrected chi connectivity index (χ3v) is 4.38. The van der Waals surface area contributed by atoms with Gasteiger partial charge < -0.3 is 4.90 Å². The standard InChI is InChI=1S/C15H27N3/c1-13(2)11-18-9-7-15(12-16,8-10-18)17-14-5-3-4-6-14/h13-14,17H,3-11H2,1-2H3. The quantitative estimate of drug-likeness (QED) is 0.832. The second-order valence-corrected chi connectivity index (χ2v) is 6.51. The normalized spacial score (nSPS) is 25.4. The molecule has 18 heavy (non-hydrogen) atoms. The number of rotatable bonds is 4. The smallest absolute Gasteiger partial charge is 0.109 e. The molecule has 0 unspecified atom stereocenters. The molecular weight excluding hydrogens is 222 g/mol. The highest BCUT2D eigenvalue weighted by Gasteiger charge is 2.36. The first-order valence-electron chi connectivity index (χ1n) is 7.55. The Hall–Kier alpha value is -0.590. The van der Waals surface area contributed by atoms with Crippen LogP contribution in [0, 0.1) is 17.2 Å². The monoisotopic (exact) mass is 249 g/mol. The highest BCUT2D eigenvalue weighted by atomic mass is 15.2. The first-order valence-corrected chi connectivity index (χ1v) is 7.55. The molecule has 0 radical (unpaired) electrons. The lowest BCUT2D eigenvalue weighted by molar-refractivity contribution is 0.145. The van der Waals surface area contributed by atoms with E-state index in [1.54, 1.807) is 0 Å². The molecule has 1 heterocycles. The molecule has 102 valence electrons. The number of likely N-dealkylation sites (tertiary alicyclic amines) is 1. The van der Waals surface area contributed by atoms with Gasteiger partial charge in [0, 0.05) is 25.7 Å². The van der Waals surface area contributed by atoms with Gasteiger partial charge in [-0.2, -0.15) is 5.26 Å². The van der Waals surface area contributed by atoms with Gasteiger partial charge in [-0.05, 0) is 31.6 Å². The van der Waals surface area contributed by atoms with E-state index in [0.29, 0.717) is 6.04 Å². The van der Waals surface area contributed by atoms with Crippen LogP contribution in [0.15, 0.2) is 0 Å². The number of nitriles is 1. The average Bonchev–Trinajstić information content (AvgIpc) is 2.84. The summed E-state index contributed by atoms with van der Waals surface area (Å²) in [6.07, 6.45) is 7.18. The highest BCUT2D eigenvalue weighted by molar-refractivity contribution is 5.11. The Balaban J connectivity index is 1.85. The molecule has 1 N–H and O–H groups in total. The summed E-state index contributed by atoms with van der Waals surface area (Å²) in [6, 6.07) is 3.18. The SMILES string of the molecule is CC(C)CN1CCC(C#N)(NC2CCCC2)CC1. The largest absolute Gasteiger partial charge is 0.303 e. The van der Waals surface area contributed by atoms with Crippen LogP contribution in [0.5, 0.6) is 0 Å². The highest BCUT2D eigenvalue weighted by Crippen LogP contribution is 2.27. The Bertz CT molecular complexity index is 291. The predicted molar refractivity (Wildman–Crippen MR) is 74.2 cm³/mol. The molecule has 0 aromatic carbocycles. The maximum absolute atomic E-state index is 9.54. The summed E-state index contributed by atoms with van der Waals surface area (Å²) in [5.74, 6) is 0.724. The summed E-state index contributed by atoms with van der Waals surface area (Å²) in [5, 5.41) is 13.2. The van der Waals surface area contributed by atoms with E-state index in [-0.39, 0.29) is 5.54 Å². The van der Waals surface area contributed by atoms with Gasteiger partial charge in [0.1, 0.15) is 5.54 Å². The maximum atomic E-state index is 9.54. The number of hydrogen-bond donors (Lipinski definition) is 1. The zero-order chi connectivity index (χ0) is 13.0. The van der Waals surface area contributed by atoms with Gasteiger partial charge in [0.2, 0.25) is 0 Å². The molecular formula is C15H27N3. The topological polar surface area (TPSA) is 39.1 Å². The van der Waals surface area contributed by atoms with Crippen molar-refractivity contribution >= 4 is 0 Å². The van der Waals surface area contributed by atoms with Crippen molar-refractivity contribution in [3.05, 3.63) is 0 Å². The van der Waals surface area contributed by atoms with Crippen LogP contribution in [0.25, 0.3) is 0 Å². The van der Waals surface area contributed by atoms with Crippen molar-refractivity contribution < 1.29 is 0 Å². The summed E-state index contributed by atoms with van der Waals surface area (Å²) < 4.78 is 0. The summed E-state index contributed by atoms with van der Waals surface area (Å²) >= 11 is 0. The van der Waals surface area contributed by atoms with E-state index < -0.39 is 0 Å². The van der Waals surface area contributed by atoms with Crippen molar-refractivity contribution in [2.24, 2.45) is 5.92 Å². The van der Waals surface area contributed by atoms with E-state index in [1.807, 2.05) is 0 Å².